The standard InChI is InChI=1S/C18H22FN3/c1-3-12-8-13(5-7-16(12)11-20)14-4-6-15(17(19)9-14)10-18(21)22-2/h4-9,11,18,20,22H,3,10,21H2,1-2H3. The fraction of sp³-hybridized carbons (Fsp3) is 0.278. The number of hydrogen-bond acceptors (Lipinski definition) is 3. The molecule has 0 saturated heterocycles. The second-order valence-electron chi connectivity index (χ2n) is 5.32. The van der Waals surface area contributed by atoms with Crippen LogP contribution in [0, 0.1) is 11.2 Å². The van der Waals surface area contributed by atoms with Crippen molar-refractivity contribution in [1.82, 2.24) is 5.32 Å². The second kappa shape index (κ2) is 7.29. The van der Waals surface area contributed by atoms with Gasteiger partial charge in [-0.25, -0.2) is 4.39 Å². The summed E-state index contributed by atoms with van der Waals surface area (Å²) in [6.45, 7) is 2.05. The molecule has 2 rings (SSSR count). The molecule has 1 unspecified atom stereocenters. The van der Waals surface area contributed by atoms with Gasteiger partial charge in [0, 0.05) is 12.6 Å². The van der Waals surface area contributed by atoms with E-state index in [2.05, 4.69) is 12.2 Å². The Hall–Kier alpha value is -2.04. The molecule has 22 heavy (non-hydrogen) atoms. The Morgan fingerprint density at radius 3 is 2.45 bits per heavy atom. The summed E-state index contributed by atoms with van der Waals surface area (Å²) in [6.07, 6.45) is 2.40. The topological polar surface area (TPSA) is 61.9 Å². The molecule has 2 aromatic carbocycles. The molecule has 0 fully saturated rings. The molecule has 0 spiro atoms. The highest BCUT2D eigenvalue weighted by Crippen LogP contribution is 2.25. The maximum atomic E-state index is 14.2. The second-order valence-corrected chi connectivity index (χ2v) is 5.32. The van der Waals surface area contributed by atoms with Crippen LogP contribution in [-0.2, 0) is 12.8 Å². The number of likely N-dealkylation sites (N-methyl/N-ethyl adjacent to an activating group) is 1. The van der Waals surface area contributed by atoms with Crippen LogP contribution < -0.4 is 11.1 Å². The third-order valence-corrected chi connectivity index (χ3v) is 3.88. The third kappa shape index (κ3) is 3.59. The van der Waals surface area contributed by atoms with Crippen molar-refractivity contribution in [3.63, 3.8) is 0 Å². The molecule has 3 nitrogen and oxygen atoms in total. The molecule has 4 heteroatoms. The van der Waals surface area contributed by atoms with Gasteiger partial charge < -0.3 is 16.5 Å². The molecule has 0 amide bonds. The van der Waals surface area contributed by atoms with Gasteiger partial charge in [0.15, 0.2) is 0 Å². The van der Waals surface area contributed by atoms with Crippen LogP contribution in [0.3, 0.4) is 0 Å². The Balaban J connectivity index is 2.33. The number of nitrogens with one attached hydrogen (secondary N) is 2. The van der Waals surface area contributed by atoms with Crippen molar-refractivity contribution in [2.24, 2.45) is 5.73 Å². The molecule has 4 N–H and O–H groups in total. The minimum Gasteiger partial charge on any atom is -0.316 e. The minimum atomic E-state index is -0.251. The van der Waals surface area contributed by atoms with Crippen molar-refractivity contribution in [2.75, 3.05) is 7.05 Å². The van der Waals surface area contributed by atoms with E-state index in [0.29, 0.717) is 12.0 Å². The molecular formula is C18H22FN3. The lowest BCUT2D eigenvalue weighted by molar-refractivity contribution is 0.549. The number of hydrogen-bond donors (Lipinski definition) is 3. The third-order valence-electron chi connectivity index (χ3n) is 3.88. The first kappa shape index (κ1) is 16.3. The molecule has 0 bridgehead atoms. The molecule has 0 aromatic heterocycles. The van der Waals surface area contributed by atoms with Gasteiger partial charge in [0.05, 0.1) is 6.17 Å². The molecule has 1 atom stereocenters. The van der Waals surface area contributed by atoms with Gasteiger partial charge in [-0.15, -0.1) is 0 Å². The number of rotatable bonds is 6. The predicted octanol–water partition coefficient (Wildman–Crippen LogP) is 3.10. The van der Waals surface area contributed by atoms with E-state index in [1.807, 2.05) is 24.3 Å². The zero-order valence-corrected chi connectivity index (χ0v) is 13.0. The van der Waals surface area contributed by atoms with E-state index in [-0.39, 0.29) is 12.0 Å². The molecule has 0 aliphatic carbocycles. The number of benzene rings is 2. The predicted molar refractivity (Wildman–Crippen MR) is 89.8 cm³/mol. The summed E-state index contributed by atoms with van der Waals surface area (Å²) in [5.41, 5.74) is 10.2. The molecule has 0 saturated carbocycles. The summed E-state index contributed by atoms with van der Waals surface area (Å²) in [5.74, 6) is -0.239. The maximum Gasteiger partial charge on any atom is 0.127 e. The van der Waals surface area contributed by atoms with E-state index >= 15 is 0 Å². The van der Waals surface area contributed by atoms with E-state index in [0.717, 1.165) is 28.7 Å². The highest BCUT2D eigenvalue weighted by molar-refractivity contribution is 5.81. The van der Waals surface area contributed by atoms with E-state index < -0.39 is 0 Å². The number of halogens is 1. The van der Waals surface area contributed by atoms with Crippen molar-refractivity contribution < 1.29 is 4.39 Å². The van der Waals surface area contributed by atoms with Gasteiger partial charge in [-0.1, -0.05) is 37.3 Å². The van der Waals surface area contributed by atoms with Crippen LogP contribution in [0.15, 0.2) is 36.4 Å². The van der Waals surface area contributed by atoms with Crippen LogP contribution in [0.2, 0.25) is 0 Å². The smallest absolute Gasteiger partial charge is 0.127 e. The van der Waals surface area contributed by atoms with Crippen molar-refractivity contribution in [1.29, 1.82) is 5.41 Å². The van der Waals surface area contributed by atoms with Gasteiger partial charge >= 0.3 is 0 Å². The SMILES string of the molecule is CCc1cc(-c2ccc(CC(N)NC)c(F)c2)ccc1C=N. The fourth-order valence-electron chi connectivity index (χ4n) is 2.46. The van der Waals surface area contributed by atoms with Crippen LogP contribution in [0.4, 0.5) is 4.39 Å². The Labute approximate surface area is 130 Å². The summed E-state index contributed by atoms with van der Waals surface area (Å²) in [7, 11) is 1.76. The Morgan fingerprint density at radius 2 is 1.86 bits per heavy atom. The van der Waals surface area contributed by atoms with Gasteiger partial charge in [-0.2, -0.15) is 0 Å². The lowest BCUT2D eigenvalue weighted by Gasteiger charge is -2.12. The first-order valence-electron chi connectivity index (χ1n) is 7.44. The fourth-order valence-corrected chi connectivity index (χ4v) is 2.46. The van der Waals surface area contributed by atoms with Gasteiger partial charge in [0.25, 0.3) is 0 Å². The van der Waals surface area contributed by atoms with Crippen molar-refractivity contribution >= 4 is 6.21 Å². The first-order valence-corrected chi connectivity index (χ1v) is 7.44. The van der Waals surface area contributed by atoms with Crippen LogP contribution in [0.25, 0.3) is 11.1 Å². The van der Waals surface area contributed by atoms with Gasteiger partial charge in [0.1, 0.15) is 5.82 Å². The van der Waals surface area contributed by atoms with E-state index in [1.165, 1.54) is 6.21 Å². The lowest BCUT2D eigenvalue weighted by atomic mass is 9.96. The molecule has 0 aliphatic heterocycles. The zero-order chi connectivity index (χ0) is 16.1. The van der Waals surface area contributed by atoms with Gasteiger partial charge in [-0.05, 0) is 47.4 Å². The van der Waals surface area contributed by atoms with Gasteiger partial charge in [-0.3, -0.25) is 0 Å². The molecular weight excluding hydrogens is 277 g/mol. The van der Waals surface area contributed by atoms with E-state index in [4.69, 9.17) is 11.1 Å². The monoisotopic (exact) mass is 299 g/mol. The van der Waals surface area contributed by atoms with Crippen LogP contribution >= 0.6 is 0 Å². The summed E-state index contributed by atoms with van der Waals surface area (Å²) >= 11 is 0. The van der Waals surface area contributed by atoms with Crippen LogP contribution in [0.5, 0.6) is 0 Å². The zero-order valence-electron chi connectivity index (χ0n) is 13.0. The molecule has 0 radical (unpaired) electrons. The molecule has 2 aromatic rings. The van der Waals surface area contributed by atoms with Crippen LogP contribution in [0.1, 0.15) is 23.6 Å². The Kier molecular flexibility index (Phi) is 5.41. The average molecular weight is 299 g/mol. The first-order chi connectivity index (χ1) is 10.6. The van der Waals surface area contributed by atoms with Crippen LogP contribution in [-0.4, -0.2) is 19.4 Å². The number of aryl methyl sites for hydroxylation is 1. The van der Waals surface area contributed by atoms with Crippen molar-refractivity contribution in [2.45, 2.75) is 25.9 Å². The van der Waals surface area contributed by atoms with Gasteiger partial charge in [0.2, 0.25) is 0 Å². The summed E-state index contributed by atoms with van der Waals surface area (Å²) in [5, 5.41) is 10.3. The Morgan fingerprint density at radius 1 is 1.18 bits per heavy atom. The molecule has 116 valence electrons. The highest BCUT2D eigenvalue weighted by Gasteiger charge is 2.09. The largest absolute Gasteiger partial charge is 0.316 e. The Bertz CT molecular complexity index is 667. The molecule has 0 aliphatic rings. The molecule has 0 heterocycles. The maximum absolute atomic E-state index is 14.2. The number of nitrogens with two attached hydrogens (primary N) is 1. The van der Waals surface area contributed by atoms with Crippen molar-refractivity contribution in [3.05, 3.63) is 58.9 Å². The van der Waals surface area contributed by atoms with Crippen molar-refractivity contribution in [3.8, 4) is 11.1 Å². The summed E-state index contributed by atoms with van der Waals surface area (Å²) in [6, 6.07) is 11.1. The summed E-state index contributed by atoms with van der Waals surface area (Å²) < 4.78 is 14.2. The normalized spacial score (nSPS) is 12.2. The quantitative estimate of drug-likeness (QED) is 0.567. The summed E-state index contributed by atoms with van der Waals surface area (Å²) in [4.78, 5) is 0. The van der Waals surface area contributed by atoms with E-state index in [1.54, 1.807) is 19.2 Å². The highest BCUT2D eigenvalue weighted by atomic mass is 19.1. The van der Waals surface area contributed by atoms with E-state index in [9.17, 15) is 4.39 Å². The lowest BCUT2D eigenvalue weighted by Crippen LogP contribution is -2.36. The average Bonchev–Trinajstić information content (AvgIpc) is 2.55. The minimum absolute atomic E-state index is 0.239.